The molecule has 10 heteroatoms. The Morgan fingerprint density at radius 3 is 1.80 bits per heavy atom. The molecule has 0 spiro atoms. The summed E-state index contributed by atoms with van der Waals surface area (Å²) >= 11 is 0. The van der Waals surface area contributed by atoms with Gasteiger partial charge in [-0.05, 0) is 12.8 Å². The molecule has 0 amide bonds. The molecule has 0 aliphatic heterocycles. The molecule has 0 bridgehead atoms. The maximum absolute atomic E-state index is 11.6. The number of aliphatic hydroxyl groups is 1. The first-order valence-corrected chi connectivity index (χ1v) is 12.2. The van der Waals surface area contributed by atoms with E-state index in [1.54, 1.807) is 0 Å². The Bertz CT molecular complexity index is 559. The molecule has 174 valence electrons. The van der Waals surface area contributed by atoms with Gasteiger partial charge in [0.2, 0.25) is 5.44 Å². The van der Waals surface area contributed by atoms with Crippen LogP contribution in [0.4, 0.5) is 0 Å². The van der Waals surface area contributed by atoms with E-state index < -0.39 is 40.0 Å². The van der Waals surface area contributed by atoms with Gasteiger partial charge in [0.1, 0.15) is 0 Å². The van der Waals surface area contributed by atoms with E-state index in [0.717, 1.165) is 12.8 Å². The van der Waals surface area contributed by atoms with Crippen LogP contribution < -0.4 is 29.6 Å². The minimum atomic E-state index is -4.58. The summed E-state index contributed by atoms with van der Waals surface area (Å²) in [5, 5.41) is 9.64. The molecular formula is C20H39NaO8S. The molecule has 0 heterocycles. The Labute approximate surface area is 205 Å². The summed E-state index contributed by atoms with van der Waals surface area (Å²) in [5.74, 6) is -2.05. The SMILES string of the molecule is CCCCCCCCCCCCCOC(=O)CC(O)C(=O)OC(CC)S(=O)(=O)O.[H-].[Na+]. The summed E-state index contributed by atoms with van der Waals surface area (Å²) < 4.78 is 40.3. The first kappa shape index (κ1) is 32.0. The predicted molar refractivity (Wildman–Crippen MR) is 111 cm³/mol. The first-order chi connectivity index (χ1) is 13.7. The fraction of sp³-hybridized carbons (Fsp3) is 0.900. The van der Waals surface area contributed by atoms with Crippen LogP contribution >= 0.6 is 0 Å². The molecule has 0 rings (SSSR count). The number of unbranched alkanes of at least 4 members (excludes halogenated alkanes) is 10. The largest absolute Gasteiger partial charge is 1.00 e. The van der Waals surface area contributed by atoms with Gasteiger partial charge in [-0.25, -0.2) is 4.79 Å². The van der Waals surface area contributed by atoms with Crippen molar-refractivity contribution >= 4 is 22.1 Å². The number of rotatable bonds is 18. The summed E-state index contributed by atoms with van der Waals surface area (Å²) in [6.45, 7) is 3.81. The van der Waals surface area contributed by atoms with Crippen molar-refractivity contribution < 1.29 is 68.1 Å². The van der Waals surface area contributed by atoms with Crippen LogP contribution in [0.3, 0.4) is 0 Å². The Balaban J connectivity index is -0.00000392. The van der Waals surface area contributed by atoms with Gasteiger partial charge in [-0.15, -0.1) is 0 Å². The molecule has 0 saturated carbocycles. The van der Waals surface area contributed by atoms with Crippen LogP contribution in [0.1, 0.15) is 98.7 Å². The molecular weight excluding hydrogens is 423 g/mol. The molecule has 0 aromatic carbocycles. The summed E-state index contributed by atoms with van der Waals surface area (Å²) in [7, 11) is -4.58. The molecule has 8 nitrogen and oxygen atoms in total. The van der Waals surface area contributed by atoms with Crippen LogP contribution in [0.5, 0.6) is 0 Å². The van der Waals surface area contributed by atoms with E-state index in [0.29, 0.717) is 6.42 Å². The number of hydrogen-bond donors (Lipinski definition) is 2. The average Bonchev–Trinajstić information content (AvgIpc) is 2.65. The molecule has 0 radical (unpaired) electrons. The van der Waals surface area contributed by atoms with Crippen molar-refractivity contribution in [2.24, 2.45) is 0 Å². The molecule has 0 aliphatic carbocycles. The third kappa shape index (κ3) is 17.5. The normalized spacial score (nSPS) is 13.2. The maximum atomic E-state index is 11.6. The summed E-state index contributed by atoms with van der Waals surface area (Å²) in [6, 6.07) is 0. The molecule has 2 atom stereocenters. The summed E-state index contributed by atoms with van der Waals surface area (Å²) in [4.78, 5) is 23.2. The van der Waals surface area contributed by atoms with E-state index in [4.69, 9.17) is 9.29 Å². The number of carbonyl (C=O) groups excluding carboxylic acids is 2. The summed E-state index contributed by atoms with van der Waals surface area (Å²) in [6.07, 6.45) is 10.3. The van der Waals surface area contributed by atoms with Crippen molar-refractivity contribution in [3.8, 4) is 0 Å². The van der Waals surface area contributed by atoms with E-state index in [1.807, 2.05) is 0 Å². The van der Waals surface area contributed by atoms with Gasteiger partial charge >= 0.3 is 51.6 Å². The second kappa shape index (κ2) is 19.5. The molecule has 0 fully saturated rings. The van der Waals surface area contributed by atoms with Crippen LogP contribution in [0.2, 0.25) is 0 Å². The fourth-order valence-corrected chi connectivity index (χ4v) is 3.45. The molecule has 2 unspecified atom stereocenters. The van der Waals surface area contributed by atoms with E-state index >= 15 is 0 Å². The minimum Gasteiger partial charge on any atom is -1.00 e. The Hall–Kier alpha value is -0.190. The van der Waals surface area contributed by atoms with Crippen LogP contribution in [0.25, 0.3) is 0 Å². The number of hydrogen-bond acceptors (Lipinski definition) is 7. The Morgan fingerprint density at radius 2 is 1.37 bits per heavy atom. The average molecular weight is 463 g/mol. The van der Waals surface area contributed by atoms with E-state index in [2.05, 4.69) is 11.7 Å². The number of aliphatic hydroxyl groups excluding tert-OH is 1. The third-order valence-corrected chi connectivity index (χ3v) is 5.65. The summed E-state index contributed by atoms with van der Waals surface area (Å²) in [5.41, 5.74) is -1.77. The van der Waals surface area contributed by atoms with Gasteiger partial charge in [0.25, 0.3) is 0 Å². The Morgan fingerprint density at radius 1 is 0.900 bits per heavy atom. The van der Waals surface area contributed by atoms with E-state index in [9.17, 15) is 23.1 Å². The van der Waals surface area contributed by atoms with Crippen molar-refractivity contribution in [3.63, 3.8) is 0 Å². The van der Waals surface area contributed by atoms with Crippen LogP contribution in [0, 0.1) is 0 Å². The smallest absolute Gasteiger partial charge is 1.00 e. The zero-order valence-corrected chi connectivity index (χ0v) is 21.6. The topological polar surface area (TPSA) is 127 Å². The van der Waals surface area contributed by atoms with Crippen molar-refractivity contribution in [1.82, 2.24) is 0 Å². The fourth-order valence-electron chi connectivity index (χ4n) is 2.82. The predicted octanol–water partition coefficient (Wildman–Crippen LogP) is 0.875. The quantitative estimate of drug-likeness (QED) is 0.133. The van der Waals surface area contributed by atoms with Crippen molar-refractivity contribution in [1.29, 1.82) is 0 Å². The second-order valence-corrected chi connectivity index (χ2v) is 8.82. The molecule has 0 saturated heterocycles. The minimum absolute atomic E-state index is 0. The molecule has 0 aromatic rings. The molecule has 30 heavy (non-hydrogen) atoms. The van der Waals surface area contributed by atoms with Crippen LogP contribution in [0.15, 0.2) is 0 Å². The molecule has 0 aliphatic rings. The van der Waals surface area contributed by atoms with Gasteiger partial charge in [0, 0.05) is 0 Å². The van der Waals surface area contributed by atoms with Crippen molar-refractivity contribution in [3.05, 3.63) is 0 Å². The number of ether oxygens (including phenoxy) is 2. The van der Waals surface area contributed by atoms with Gasteiger partial charge < -0.3 is 16.0 Å². The monoisotopic (exact) mass is 462 g/mol. The number of esters is 2. The first-order valence-electron chi connectivity index (χ1n) is 10.7. The molecule has 0 aromatic heterocycles. The van der Waals surface area contributed by atoms with E-state index in [1.165, 1.54) is 58.3 Å². The van der Waals surface area contributed by atoms with Gasteiger partial charge in [-0.1, -0.05) is 78.1 Å². The second-order valence-electron chi connectivity index (χ2n) is 7.27. The van der Waals surface area contributed by atoms with Crippen molar-refractivity contribution in [2.75, 3.05) is 6.61 Å². The zero-order valence-electron chi connectivity index (χ0n) is 19.8. The third-order valence-electron chi connectivity index (χ3n) is 4.56. The van der Waals surface area contributed by atoms with Gasteiger partial charge in [-0.2, -0.15) is 8.42 Å². The van der Waals surface area contributed by atoms with E-state index in [-0.39, 0.29) is 44.0 Å². The Kier molecular flexibility index (Phi) is 20.8. The standard InChI is InChI=1S/C20H38O8S.Na.H/c1-3-5-6-7-8-9-10-11-12-13-14-15-27-18(22)16-17(21)20(23)28-19(4-2)29(24,25)26;;/h17,19,21H,3-16H2,1-2H3,(H,24,25,26);;/q;+1;-1. The van der Waals surface area contributed by atoms with Gasteiger partial charge in [-0.3, -0.25) is 9.35 Å². The van der Waals surface area contributed by atoms with Gasteiger partial charge in [0.15, 0.2) is 6.10 Å². The zero-order chi connectivity index (χ0) is 22.1. The van der Waals surface area contributed by atoms with Crippen LogP contribution in [-0.4, -0.2) is 48.2 Å². The molecule has 2 N–H and O–H groups in total. The maximum Gasteiger partial charge on any atom is 1.00 e. The van der Waals surface area contributed by atoms with Crippen molar-refractivity contribution in [2.45, 2.75) is 109 Å². The van der Waals surface area contributed by atoms with Crippen LogP contribution in [-0.2, 0) is 29.2 Å². The van der Waals surface area contributed by atoms with Gasteiger partial charge in [0.05, 0.1) is 13.0 Å². The number of carbonyl (C=O) groups is 2.